The maximum absolute atomic E-state index is 6.02. The molecule has 5 rings (SSSR count). The Morgan fingerprint density at radius 3 is 2.96 bits per heavy atom. The van der Waals surface area contributed by atoms with E-state index in [1.54, 1.807) is 11.3 Å². The first-order valence-electron chi connectivity index (χ1n) is 9.74. The summed E-state index contributed by atoms with van der Waals surface area (Å²) in [6, 6.07) is 7.03. The number of hydrogen-bond acceptors (Lipinski definition) is 6. The molecule has 146 valence electrons. The van der Waals surface area contributed by atoms with Crippen molar-refractivity contribution in [2.75, 3.05) is 18.5 Å². The number of nitrogens with one attached hydrogen (secondary N) is 2. The molecule has 1 unspecified atom stereocenters. The molecule has 1 saturated heterocycles. The van der Waals surface area contributed by atoms with Crippen LogP contribution in [0.4, 0.5) is 5.13 Å². The average Bonchev–Trinajstić information content (AvgIpc) is 3.36. The zero-order chi connectivity index (χ0) is 19.3. The van der Waals surface area contributed by atoms with E-state index in [1.165, 1.54) is 11.1 Å². The van der Waals surface area contributed by atoms with Crippen LogP contribution in [0, 0.1) is 0 Å². The second-order valence-corrected chi connectivity index (χ2v) is 9.32. The van der Waals surface area contributed by atoms with E-state index in [9.17, 15) is 0 Å². The van der Waals surface area contributed by atoms with Crippen molar-refractivity contribution >= 4 is 16.5 Å². The Hall–Kier alpha value is -2.38. The monoisotopic (exact) mass is 395 g/mol. The molecule has 2 N–H and O–H groups in total. The Bertz CT molecular complexity index is 994. The van der Waals surface area contributed by atoms with Crippen LogP contribution in [0.25, 0.3) is 21.6 Å². The number of anilines is 1. The fourth-order valence-corrected chi connectivity index (χ4v) is 5.32. The summed E-state index contributed by atoms with van der Waals surface area (Å²) in [7, 11) is 2.17. The van der Waals surface area contributed by atoms with Gasteiger partial charge in [0, 0.05) is 36.0 Å². The molecule has 0 spiro atoms. The first-order chi connectivity index (χ1) is 13.5. The first kappa shape index (κ1) is 17.7. The van der Waals surface area contributed by atoms with Gasteiger partial charge in [0.15, 0.2) is 5.13 Å². The average molecular weight is 396 g/mol. The van der Waals surface area contributed by atoms with Gasteiger partial charge in [0.2, 0.25) is 5.88 Å². The van der Waals surface area contributed by atoms with Gasteiger partial charge >= 0.3 is 0 Å². The largest absolute Gasteiger partial charge is 0.472 e. The number of aromatic nitrogens is 3. The van der Waals surface area contributed by atoms with E-state index in [1.807, 2.05) is 12.4 Å². The Morgan fingerprint density at radius 2 is 2.18 bits per heavy atom. The van der Waals surface area contributed by atoms with Crippen LogP contribution in [0.3, 0.4) is 0 Å². The quantitative estimate of drug-likeness (QED) is 0.700. The van der Waals surface area contributed by atoms with Gasteiger partial charge in [-0.05, 0) is 50.4 Å². The molecular weight excluding hydrogens is 370 g/mol. The molecule has 7 heteroatoms. The topological polar surface area (TPSA) is 66.1 Å². The maximum atomic E-state index is 6.02. The fourth-order valence-electron chi connectivity index (χ4n) is 4.21. The normalized spacial score (nSPS) is 20.2. The number of fused-ring (bicyclic) bond motifs is 3. The summed E-state index contributed by atoms with van der Waals surface area (Å²) in [5.41, 5.74) is 4.84. The molecule has 2 aliphatic heterocycles. The highest BCUT2D eigenvalue weighted by Crippen LogP contribution is 2.45. The molecule has 0 amide bonds. The highest BCUT2D eigenvalue weighted by molar-refractivity contribution is 7.19. The van der Waals surface area contributed by atoms with Gasteiger partial charge < -0.3 is 15.0 Å². The number of thiazole rings is 1. The minimum Gasteiger partial charge on any atom is -0.472 e. The molecule has 1 atom stereocenters. The van der Waals surface area contributed by atoms with Crippen LogP contribution in [0.5, 0.6) is 5.88 Å². The number of hydrogen-bond donors (Lipinski definition) is 2. The molecule has 6 nitrogen and oxygen atoms in total. The predicted octanol–water partition coefficient (Wildman–Crippen LogP) is 4.06. The molecule has 0 saturated carbocycles. The lowest BCUT2D eigenvalue weighted by Crippen LogP contribution is -2.52. The van der Waals surface area contributed by atoms with Crippen LogP contribution >= 0.6 is 11.3 Å². The van der Waals surface area contributed by atoms with Crippen molar-refractivity contribution in [1.82, 2.24) is 20.5 Å². The van der Waals surface area contributed by atoms with Gasteiger partial charge in [-0.3, -0.25) is 5.10 Å². The van der Waals surface area contributed by atoms with Crippen molar-refractivity contribution in [1.29, 1.82) is 0 Å². The molecule has 0 bridgehead atoms. The number of benzene rings is 1. The lowest BCUT2D eigenvalue weighted by atomic mass is 9.89. The zero-order valence-electron chi connectivity index (χ0n) is 16.5. The number of rotatable bonds is 3. The SMILES string of the molecule is CN(c1nc2c(s1)-c1ccc(-c3cn[nH]c3)cc1CO2)C1CCNC(C)(C)C1. The zero-order valence-corrected chi connectivity index (χ0v) is 17.3. The number of H-pyrrole nitrogens is 1. The van der Waals surface area contributed by atoms with Gasteiger partial charge in [-0.2, -0.15) is 10.1 Å². The van der Waals surface area contributed by atoms with Gasteiger partial charge in [0.25, 0.3) is 0 Å². The van der Waals surface area contributed by atoms with Crippen LogP contribution in [0.1, 0.15) is 32.3 Å². The van der Waals surface area contributed by atoms with Gasteiger partial charge in [-0.1, -0.05) is 23.5 Å². The Kier molecular flexibility index (Phi) is 4.17. The van der Waals surface area contributed by atoms with Crippen molar-refractivity contribution in [3.8, 4) is 27.4 Å². The summed E-state index contributed by atoms with van der Waals surface area (Å²) in [6.07, 6.45) is 6.00. The van der Waals surface area contributed by atoms with E-state index in [4.69, 9.17) is 9.72 Å². The molecule has 0 radical (unpaired) electrons. The van der Waals surface area contributed by atoms with Crippen molar-refractivity contribution in [2.24, 2.45) is 0 Å². The molecular formula is C21H25N5OS. The van der Waals surface area contributed by atoms with Gasteiger partial charge in [0.05, 0.1) is 6.20 Å². The van der Waals surface area contributed by atoms with E-state index in [0.29, 0.717) is 12.6 Å². The number of ether oxygens (including phenoxy) is 1. The van der Waals surface area contributed by atoms with Crippen LogP contribution in [-0.4, -0.2) is 40.4 Å². The van der Waals surface area contributed by atoms with E-state index < -0.39 is 0 Å². The fraction of sp³-hybridized carbons (Fsp3) is 0.429. The van der Waals surface area contributed by atoms with Gasteiger partial charge in [0.1, 0.15) is 11.5 Å². The van der Waals surface area contributed by atoms with Crippen LogP contribution in [-0.2, 0) is 6.61 Å². The van der Waals surface area contributed by atoms with E-state index >= 15 is 0 Å². The summed E-state index contributed by atoms with van der Waals surface area (Å²) in [5, 5.41) is 11.6. The second kappa shape index (κ2) is 6.60. The minimum atomic E-state index is 0.167. The lowest BCUT2D eigenvalue weighted by Gasteiger charge is -2.40. The third-order valence-electron chi connectivity index (χ3n) is 5.81. The molecule has 3 aromatic rings. The van der Waals surface area contributed by atoms with Crippen molar-refractivity contribution < 1.29 is 4.74 Å². The van der Waals surface area contributed by atoms with Crippen LogP contribution in [0.15, 0.2) is 30.6 Å². The Labute approximate surface area is 168 Å². The molecule has 0 aliphatic carbocycles. The molecule has 1 fully saturated rings. The van der Waals surface area contributed by atoms with Crippen LogP contribution < -0.4 is 15.0 Å². The lowest BCUT2D eigenvalue weighted by molar-refractivity contribution is 0.270. The summed E-state index contributed by atoms with van der Waals surface area (Å²) < 4.78 is 6.02. The molecule has 1 aromatic carbocycles. The second-order valence-electron chi connectivity index (χ2n) is 8.35. The smallest absolute Gasteiger partial charge is 0.234 e. The van der Waals surface area contributed by atoms with E-state index in [2.05, 4.69) is 59.5 Å². The third-order valence-corrected chi connectivity index (χ3v) is 6.97. The highest BCUT2D eigenvalue weighted by atomic mass is 32.1. The van der Waals surface area contributed by atoms with Gasteiger partial charge in [-0.15, -0.1) is 0 Å². The Balaban J connectivity index is 1.45. The number of aromatic amines is 1. The molecule has 2 aliphatic rings. The maximum Gasteiger partial charge on any atom is 0.234 e. The van der Waals surface area contributed by atoms with E-state index in [-0.39, 0.29) is 5.54 Å². The summed E-state index contributed by atoms with van der Waals surface area (Å²) >= 11 is 1.73. The molecule has 2 aromatic heterocycles. The Morgan fingerprint density at radius 1 is 1.29 bits per heavy atom. The predicted molar refractivity (Wildman–Crippen MR) is 113 cm³/mol. The van der Waals surface area contributed by atoms with E-state index in [0.717, 1.165) is 46.4 Å². The van der Waals surface area contributed by atoms with Crippen molar-refractivity contribution in [3.05, 3.63) is 36.2 Å². The van der Waals surface area contributed by atoms with Crippen molar-refractivity contribution in [3.63, 3.8) is 0 Å². The number of nitrogens with zero attached hydrogens (tertiary/aromatic N) is 3. The standard InChI is InChI=1S/C21H25N5OS/c1-21(2)9-16(6-7-22-21)26(3)20-25-19-18(28-20)17-5-4-13(8-14(17)12-27-19)15-10-23-24-11-15/h4-5,8,10-11,16,22H,6-7,9,12H2,1-3H3,(H,23,24). The van der Waals surface area contributed by atoms with Gasteiger partial charge in [-0.25, -0.2) is 0 Å². The molecule has 28 heavy (non-hydrogen) atoms. The number of piperidine rings is 1. The summed E-state index contributed by atoms with van der Waals surface area (Å²) in [6.45, 7) is 6.15. The van der Waals surface area contributed by atoms with Crippen LogP contribution in [0.2, 0.25) is 0 Å². The summed E-state index contributed by atoms with van der Waals surface area (Å²) in [5.74, 6) is 0.767. The summed E-state index contributed by atoms with van der Waals surface area (Å²) in [4.78, 5) is 8.31. The minimum absolute atomic E-state index is 0.167. The molecule has 4 heterocycles. The van der Waals surface area contributed by atoms with Crippen molar-refractivity contribution in [2.45, 2.75) is 44.9 Å². The third kappa shape index (κ3) is 3.08. The highest BCUT2D eigenvalue weighted by Gasteiger charge is 2.32. The first-order valence-corrected chi connectivity index (χ1v) is 10.6.